The number of ether oxygens (including phenoxy) is 1. The molecule has 0 spiro atoms. The van der Waals surface area contributed by atoms with Crippen LogP contribution in [0.4, 0.5) is 48.3 Å². The van der Waals surface area contributed by atoms with Gasteiger partial charge < -0.3 is 0 Å². The minimum Gasteiger partial charge on any atom is -0.287 e. The molecule has 1 atom stereocenters. The predicted octanol–water partition coefficient (Wildman–Crippen LogP) is 7.18. The summed E-state index contributed by atoms with van der Waals surface area (Å²) in [5, 5.41) is 0. The second kappa shape index (κ2) is 8.43. The zero-order valence-corrected chi connectivity index (χ0v) is 17.1. The molecule has 0 heterocycles. The van der Waals surface area contributed by atoms with Gasteiger partial charge in [-0.2, -0.15) is 48.3 Å². The van der Waals surface area contributed by atoms with Gasteiger partial charge in [0, 0.05) is 9.13 Å². The number of hydrogen-bond donors (Lipinski definition) is 0. The molecule has 0 radical (unpaired) electrons. The predicted molar refractivity (Wildman–Crippen MR) is 95.9 cm³/mol. The highest BCUT2D eigenvalue weighted by Crippen LogP contribution is 2.51. The molecule has 0 saturated heterocycles. The SMILES string of the molecule is O=C(c1ccc(-c2ccc(I)cc2)cc1)C(F)(OC(F)(F)C(F)(F)C(F)(F)F)C(F)(F)F. The lowest BCUT2D eigenvalue weighted by Gasteiger charge is -2.34. The fourth-order valence-electron chi connectivity index (χ4n) is 2.28. The van der Waals surface area contributed by atoms with Crippen LogP contribution >= 0.6 is 22.6 Å². The number of halogens is 12. The van der Waals surface area contributed by atoms with Crippen molar-refractivity contribution >= 4 is 28.4 Å². The Hall–Kier alpha value is -1.97. The van der Waals surface area contributed by atoms with Gasteiger partial charge in [0.1, 0.15) is 0 Å². The van der Waals surface area contributed by atoms with Crippen molar-refractivity contribution in [1.82, 2.24) is 0 Å². The zero-order valence-electron chi connectivity index (χ0n) is 15.0. The molecule has 0 N–H and O–H groups in total. The summed E-state index contributed by atoms with van der Waals surface area (Å²) in [6.07, 6.45) is -20.9. The summed E-state index contributed by atoms with van der Waals surface area (Å²) in [5.74, 6) is -16.4. The van der Waals surface area contributed by atoms with Crippen molar-refractivity contribution in [2.24, 2.45) is 0 Å². The summed E-state index contributed by atoms with van der Waals surface area (Å²) in [6, 6.07) is 9.46. The van der Waals surface area contributed by atoms with Gasteiger partial charge in [0.05, 0.1) is 0 Å². The van der Waals surface area contributed by atoms with Gasteiger partial charge in [-0.15, -0.1) is 0 Å². The van der Waals surface area contributed by atoms with Gasteiger partial charge in [-0.25, -0.2) is 0 Å². The topological polar surface area (TPSA) is 26.3 Å². The molecule has 0 aliphatic heterocycles. The van der Waals surface area contributed by atoms with Gasteiger partial charge in [0.2, 0.25) is 5.78 Å². The van der Waals surface area contributed by atoms with Crippen LogP contribution in [0.15, 0.2) is 48.5 Å². The fourth-order valence-corrected chi connectivity index (χ4v) is 2.64. The molecular formula is C18H8F11IO2. The molecule has 0 aliphatic rings. The van der Waals surface area contributed by atoms with Crippen molar-refractivity contribution in [1.29, 1.82) is 0 Å². The van der Waals surface area contributed by atoms with Crippen LogP contribution in [0.5, 0.6) is 0 Å². The van der Waals surface area contributed by atoms with Crippen molar-refractivity contribution in [2.75, 3.05) is 0 Å². The zero-order chi connectivity index (χ0) is 24.8. The molecule has 0 aromatic heterocycles. The van der Waals surface area contributed by atoms with Crippen molar-refractivity contribution < 1.29 is 57.8 Å². The van der Waals surface area contributed by atoms with Gasteiger partial charge >= 0.3 is 30.2 Å². The molecule has 2 aromatic carbocycles. The minimum absolute atomic E-state index is 0.282. The lowest BCUT2D eigenvalue weighted by molar-refractivity contribution is -0.470. The number of hydrogen-bond acceptors (Lipinski definition) is 2. The van der Waals surface area contributed by atoms with Crippen LogP contribution in [-0.4, -0.2) is 36.0 Å². The maximum atomic E-state index is 14.4. The third-order valence-electron chi connectivity index (χ3n) is 3.97. The highest BCUT2D eigenvalue weighted by Gasteiger charge is 2.79. The molecule has 0 amide bonds. The number of benzene rings is 2. The van der Waals surface area contributed by atoms with Crippen LogP contribution in [-0.2, 0) is 4.74 Å². The summed E-state index contributed by atoms with van der Waals surface area (Å²) >= 11 is 1.97. The molecule has 0 bridgehead atoms. The van der Waals surface area contributed by atoms with E-state index < -0.39 is 41.6 Å². The van der Waals surface area contributed by atoms with Gasteiger partial charge in [-0.1, -0.05) is 36.4 Å². The second-order valence-electron chi connectivity index (χ2n) is 6.20. The lowest BCUT2D eigenvalue weighted by Crippen LogP contribution is -2.61. The summed E-state index contributed by atoms with van der Waals surface area (Å²) < 4.78 is 146. The third kappa shape index (κ3) is 4.84. The molecule has 176 valence electrons. The number of Topliss-reactive ketones (excluding diaryl/α,β-unsaturated/α-hetero) is 1. The molecule has 0 fully saturated rings. The van der Waals surface area contributed by atoms with E-state index >= 15 is 0 Å². The quantitative estimate of drug-likeness (QED) is 0.202. The average Bonchev–Trinajstić information content (AvgIpc) is 2.66. The maximum Gasteiger partial charge on any atom is 0.462 e. The lowest BCUT2D eigenvalue weighted by atomic mass is 9.99. The first-order valence-electron chi connectivity index (χ1n) is 8.02. The number of rotatable bonds is 6. The Kier molecular flexibility index (Phi) is 6.92. The minimum atomic E-state index is -7.24. The Bertz CT molecular complexity index is 966. The highest BCUT2D eigenvalue weighted by molar-refractivity contribution is 14.1. The largest absolute Gasteiger partial charge is 0.462 e. The van der Waals surface area contributed by atoms with E-state index in [-0.39, 0.29) is 5.56 Å². The van der Waals surface area contributed by atoms with Crippen molar-refractivity contribution in [3.63, 3.8) is 0 Å². The molecule has 0 aliphatic carbocycles. The van der Waals surface area contributed by atoms with Crippen molar-refractivity contribution in [3.8, 4) is 11.1 Å². The van der Waals surface area contributed by atoms with Crippen molar-refractivity contribution in [3.05, 3.63) is 57.7 Å². The van der Waals surface area contributed by atoms with E-state index in [4.69, 9.17) is 0 Å². The number of ketones is 1. The van der Waals surface area contributed by atoms with Crippen molar-refractivity contribution in [2.45, 2.75) is 30.2 Å². The molecule has 0 saturated carbocycles. The molecule has 32 heavy (non-hydrogen) atoms. The normalized spacial score (nSPS) is 15.4. The number of carbonyl (C=O) groups is 1. The van der Waals surface area contributed by atoms with E-state index in [1.807, 2.05) is 22.6 Å². The molecule has 2 nitrogen and oxygen atoms in total. The third-order valence-corrected chi connectivity index (χ3v) is 4.69. The average molecular weight is 592 g/mol. The van der Waals surface area contributed by atoms with E-state index in [1.54, 1.807) is 24.3 Å². The smallest absolute Gasteiger partial charge is 0.287 e. The van der Waals surface area contributed by atoms with E-state index in [9.17, 15) is 53.1 Å². The monoisotopic (exact) mass is 592 g/mol. The van der Waals surface area contributed by atoms with E-state index in [0.717, 1.165) is 15.7 Å². The Morgan fingerprint density at radius 2 is 1.06 bits per heavy atom. The first-order valence-corrected chi connectivity index (χ1v) is 9.10. The van der Waals surface area contributed by atoms with E-state index in [2.05, 4.69) is 4.74 Å². The molecule has 2 rings (SSSR count). The Morgan fingerprint density at radius 1 is 0.656 bits per heavy atom. The molecule has 14 heteroatoms. The van der Waals surface area contributed by atoms with Crippen LogP contribution in [0, 0.1) is 3.57 Å². The summed E-state index contributed by atoms with van der Waals surface area (Å²) in [7, 11) is 0. The van der Waals surface area contributed by atoms with Gasteiger partial charge in [0.25, 0.3) is 0 Å². The highest BCUT2D eigenvalue weighted by atomic mass is 127. The summed E-state index contributed by atoms with van der Waals surface area (Å²) in [6.45, 7) is 0. The maximum absolute atomic E-state index is 14.4. The van der Waals surface area contributed by atoms with E-state index in [1.165, 1.54) is 0 Å². The standard InChI is InChI=1S/C18H8F11IO2/c19-14(16(22,23)24,32-18(28,29)15(20,21)17(25,26)27)13(31)11-3-1-9(2-4-11)10-5-7-12(30)8-6-10/h1-8H. The number of carbonyl (C=O) groups excluding carboxylic acids is 1. The van der Waals surface area contributed by atoms with Crippen LogP contribution in [0.25, 0.3) is 11.1 Å². The van der Waals surface area contributed by atoms with Crippen LogP contribution in [0.3, 0.4) is 0 Å². The Balaban J connectivity index is 2.44. The first kappa shape index (κ1) is 26.3. The van der Waals surface area contributed by atoms with Crippen LogP contribution in [0.2, 0.25) is 0 Å². The molecular weight excluding hydrogens is 584 g/mol. The fraction of sp³-hybridized carbons (Fsp3) is 0.278. The Morgan fingerprint density at radius 3 is 1.44 bits per heavy atom. The van der Waals surface area contributed by atoms with Gasteiger partial charge in [-0.05, 0) is 45.9 Å². The van der Waals surface area contributed by atoms with E-state index in [0.29, 0.717) is 17.7 Å². The first-order chi connectivity index (χ1) is 14.3. The van der Waals surface area contributed by atoms with Gasteiger partial charge in [0.15, 0.2) is 0 Å². The van der Waals surface area contributed by atoms with Crippen LogP contribution < -0.4 is 0 Å². The number of alkyl halides is 11. The Labute approximate surface area is 185 Å². The summed E-state index contributed by atoms with van der Waals surface area (Å²) in [4.78, 5) is 12.0. The molecule has 2 aromatic rings. The van der Waals surface area contributed by atoms with Crippen LogP contribution in [0.1, 0.15) is 10.4 Å². The second-order valence-corrected chi connectivity index (χ2v) is 7.44. The van der Waals surface area contributed by atoms with Gasteiger partial charge in [-0.3, -0.25) is 9.53 Å². The molecule has 1 unspecified atom stereocenters. The summed E-state index contributed by atoms with van der Waals surface area (Å²) in [5.41, 5.74) is -0.506.